The molecule has 5 nitrogen and oxygen atoms in total. The summed E-state index contributed by atoms with van der Waals surface area (Å²) in [5.41, 5.74) is 0. The van der Waals surface area contributed by atoms with Crippen LogP contribution >= 0.6 is 0 Å². The van der Waals surface area contributed by atoms with E-state index < -0.39 is 5.97 Å². The van der Waals surface area contributed by atoms with E-state index in [0.29, 0.717) is 12.8 Å². The molecule has 5 heteroatoms. The van der Waals surface area contributed by atoms with Crippen LogP contribution in [0.15, 0.2) is 0 Å². The molecule has 1 saturated heterocycles. The van der Waals surface area contributed by atoms with Gasteiger partial charge in [-0.15, -0.1) is 0 Å². The Morgan fingerprint density at radius 3 is 2.81 bits per heavy atom. The summed E-state index contributed by atoms with van der Waals surface area (Å²) < 4.78 is 0. The fourth-order valence-corrected chi connectivity index (χ4v) is 1.91. The van der Waals surface area contributed by atoms with Crippen LogP contribution in [0.1, 0.15) is 19.3 Å². The Morgan fingerprint density at radius 2 is 2.25 bits per heavy atom. The Bertz CT molecular complexity index is 266. The number of hydrogen-bond acceptors (Lipinski definition) is 3. The van der Waals surface area contributed by atoms with Gasteiger partial charge < -0.3 is 14.9 Å². The molecule has 1 aliphatic heterocycles. The van der Waals surface area contributed by atoms with E-state index in [4.69, 9.17) is 5.11 Å². The Labute approximate surface area is 96.0 Å². The molecule has 1 amide bonds. The second kappa shape index (κ2) is 5.84. The number of likely N-dealkylation sites (tertiary alicyclic amines) is 1. The highest BCUT2D eigenvalue weighted by Gasteiger charge is 2.29. The number of amides is 1. The SMILES string of the molecule is CN(C)CCN1CC(CCC(=O)O)CC1=O. The van der Waals surface area contributed by atoms with Crippen LogP contribution in [0.25, 0.3) is 0 Å². The number of rotatable bonds is 6. The van der Waals surface area contributed by atoms with Gasteiger partial charge in [-0.3, -0.25) is 9.59 Å². The fraction of sp³-hybridized carbons (Fsp3) is 0.818. The van der Waals surface area contributed by atoms with Gasteiger partial charge in [-0.2, -0.15) is 0 Å². The zero-order chi connectivity index (χ0) is 12.1. The minimum absolute atomic E-state index is 0.164. The van der Waals surface area contributed by atoms with Gasteiger partial charge in [-0.25, -0.2) is 0 Å². The molecule has 0 radical (unpaired) electrons. The predicted octanol–water partition coefficient (Wildman–Crippen LogP) is 0.261. The number of carboxylic acids is 1. The molecule has 1 heterocycles. The zero-order valence-corrected chi connectivity index (χ0v) is 9.98. The van der Waals surface area contributed by atoms with Gasteiger partial charge in [0.25, 0.3) is 0 Å². The summed E-state index contributed by atoms with van der Waals surface area (Å²) in [6.45, 7) is 2.33. The summed E-state index contributed by atoms with van der Waals surface area (Å²) >= 11 is 0. The van der Waals surface area contributed by atoms with Crippen LogP contribution in [0.4, 0.5) is 0 Å². The van der Waals surface area contributed by atoms with Crippen LogP contribution < -0.4 is 0 Å². The van der Waals surface area contributed by atoms with Gasteiger partial charge in [0.1, 0.15) is 0 Å². The maximum absolute atomic E-state index is 11.6. The third-order valence-corrected chi connectivity index (χ3v) is 2.88. The van der Waals surface area contributed by atoms with E-state index in [1.807, 2.05) is 23.9 Å². The van der Waals surface area contributed by atoms with Gasteiger partial charge in [-0.1, -0.05) is 0 Å². The van der Waals surface area contributed by atoms with Crippen LogP contribution in [0.5, 0.6) is 0 Å². The van der Waals surface area contributed by atoms with Crippen molar-refractivity contribution < 1.29 is 14.7 Å². The maximum atomic E-state index is 11.6. The molecule has 16 heavy (non-hydrogen) atoms. The molecule has 0 aromatic heterocycles. The summed E-state index contributed by atoms with van der Waals surface area (Å²) in [4.78, 5) is 25.9. The lowest BCUT2D eigenvalue weighted by atomic mass is 10.0. The smallest absolute Gasteiger partial charge is 0.303 e. The Balaban J connectivity index is 2.29. The van der Waals surface area contributed by atoms with E-state index in [2.05, 4.69) is 0 Å². The molecule has 1 atom stereocenters. The second-order valence-corrected chi connectivity index (χ2v) is 4.65. The van der Waals surface area contributed by atoms with E-state index in [1.165, 1.54) is 0 Å². The largest absolute Gasteiger partial charge is 0.481 e. The second-order valence-electron chi connectivity index (χ2n) is 4.65. The highest BCUT2D eigenvalue weighted by molar-refractivity contribution is 5.78. The van der Waals surface area contributed by atoms with Crippen molar-refractivity contribution in [2.24, 2.45) is 5.92 Å². The van der Waals surface area contributed by atoms with E-state index in [9.17, 15) is 9.59 Å². The fourth-order valence-electron chi connectivity index (χ4n) is 1.91. The Kier molecular flexibility index (Phi) is 4.73. The molecule has 1 rings (SSSR count). The predicted molar refractivity (Wildman–Crippen MR) is 60.1 cm³/mol. The van der Waals surface area contributed by atoms with Crippen molar-refractivity contribution in [1.82, 2.24) is 9.80 Å². The summed E-state index contributed by atoms with van der Waals surface area (Å²) in [7, 11) is 3.95. The molecule has 0 saturated carbocycles. The lowest BCUT2D eigenvalue weighted by Crippen LogP contribution is -2.32. The maximum Gasteiger partial charge on any atom is 0.303 e. The number of carboxylic acid groups (broad SMARTS) is 1. The third kappa shape index (κ3) is 4.18. The molecular formula is C11H20N2O3. The Morgan fingerprint density at radius 1 is 1.56 bits per heavy atom. The number of nitrogens with zero attached hydrogens (tertiary/aromatic N) is 2. The first-order valence-electron chi connectivity index (χ1n) is 5.63. The molecule has 0 aromatic rings. The van der Waals surface area contributed by atoms with Gasteiger partial charge in [0.05, 0.1) is 0 Å². The van der Waals surface area contributed by atoms with Crippen molar-refractivity contribution in [1.29, 1.82) is 0 Å². The number of carbonyl (C=O) groups is 2. The summed E-state index contributed by atoms with van der Waals surface area (Å²) in [5.74, 6) is -0.387. The first kappa shape index (κ1) is 13.0. The summed E-state index contributed by atoms with van der Waals surface area (Å²) in [5, 5.41) is 8.58. The lowest BCUT2D eigenvalue weighted by Gasteiger charge is -2.19. The molecule has 92 valence electrons. The minimum Gasteiger partial charge on any atom is -0.481 e. The van der Waals surface area contributed by atoms with E-state index in [0.717, 1.165) is 19.6 Å². The molecule has 1 N–H and O–H groups in total. The summed E-state index contributed by atoms with van der Waals surface area (Å²) in [6, 6.07) is 0. The van der Waals surface area contributed by atoms with Crippen molar-refractivity contribution in [3.8, 4) is 0 Å². The van der Waals surface area contributed by atoms with Gasteiger partial charge in [0.2, 0.25) is 5.91 Å². The summed E-state index contributed by atoms with van der Waals surface area (Å²) in [6.07, 6.45) is 1.29. The highest BCUT2D eigenvalue weighted by Crippen LogP contribution is 2.21. The van der Waals surface area contributed by atoms with Gasteiger partial charge >= 0.3 is 5.97 Å². The normalized spacial score (nSPS) is 20.8. The number of hydrogen-bond donors (Lipinski definition) is 1. The topological polar surface area (TPSA) is 60.9 Å². The number of carbonyl (C=O) groups excluding carboxylic acids is 1. The number of likely N-dealkylation sites (N-methyl/N-ethyl adjacent to an activating group) is 1. The van der Waals surface area contributed by atoms with Gasteiger partial charge in [-0.05, 0) is 26.4 Å². The van der Waals surface area contributed by atoms with Crippen molar-refractivity contribution in [3.05, 3.63) is 0 Å². The minimum atomic E-state index is -0.779. The molecule has 1 unspecified atom stereocenters. The highest BCUT2D eigenvalue weighted by atomic mass is 16.4. The Hall–Kier alpha value is -1.10. The van der Waals surface area contributed by atoms with Gasteiger partial charge in [0.15, 0.2) is 0 Å². The third-order valence-electron chi connectivity index (χ3n) is 2.88. The molecule has 1 fully saturated rings. The van der Waals surface area contributed by atoms with Crippen molar-refractivity contribution in [2.75, 3.05) is 33.7 Å². The lowest BCUT2D eigenvalue weighted by molar-refractivity contribution is -0.137. The van der Waals surface area contributed by atoms with Gasteiger partial charge in [0, 0.05) is 32.5 Å². The molecule has 1 aliphatic rings. The van der Waals surface area contributed by atoms with Crippen LogP contribution in [-0.2, 0) is 9.59 Å². The van der Waals surface area contributed by atoms with E-state index >= 15 is 0 Å². The van der Waals surface area contributed by atoms with Crippen molar-refractivity contribution >= 4 is 11.9 Å². The molecule has 0 aliphatic carbocycles. The standard InChI is InChI=1S/C11H20N2O3/c1-12(2)5-6-13-8-9(7-10(13)14)3-4-11(15)16/h9H,3-8H2,1-2H3,(H,15,16). The molecule has 0 spiro atoms. The quantitative estimate of drug-likeness (QED) is 0.708. The van der Waals surface area contributed by atoms with Crippen LogP contribution in [0.3, 0.4) is 0 Å². The molecular weight excluding hydrogens is 208 g/mol. The molecule has 0 aromatic carbocycles. The monoisotopic (exact) mass is 228 g/mol. The average molecular weight is 228 g/mol. The number of aliphatic carboxylic acids is 1. The van der Waals surface area contributed by atoms with E-state index in [1.54, 1.807) is 0 Å². The first-order valence-corrected chi connectivity index (χ1v) is 5.63. The van der Waals surface area contributed by atoms with Crippen LogP contribution in [-0.4, -0.2) is 60.5 Å². The zero-order valence-electron chi connectivity index (χ0n) is 9.98. The van der Waals surface area contributed by atoms with Crippen molar-refractivity contribution in [3.63, 3.8) is 0 Å². The van der Waals surface area contributed by atoms with Crippen LogP contribution in [0.2, 0.25) is 0 Å². The average Bonchev–Trinajstić information content (AvgIpc) is 2.53. The van der Waals surface area contributed by atoms with E-state index in [-0.39, 0.29) is 18.2 Å². The first-order chi connectivity index (χ1) is 7.49. The van der Waals surface area contributed by atoms with Crippen molar-refractivity contribution in [2.45, 2.75) is 19.3 Å². The molecule has 0 bridgehead atoms. The van der Waals surface area contributed by atoms with Crippen LogP contribution in [0, 0.1) is 5.92 Å².